The van der Waals surface area contributed by atoms with Crippen LogP contribution in [0.25, 0.3) is 0 Å². The van der Waals surface area contributed by atoms with Crippen molar-refractivity contribution >= 4 is 17.3 Å². The van der Waals surface area contributed by atoms with Crippen molar-refractivity contribution in [1.29, 1.82) is 0 Å². The molecule has 0 amide bonds. The van der Waals surface area contributed by atoms with Crippen molar-refractivity contribution in [3.63, 3.8) is 0 Å². The predicted octanol–water partition coefficient (Wildman–Crippen LogP) is 4.38. The van der Waals surface area contributed by atoms with Gasteiger partial charge in [0.2, 0.25) is 5.88 Å². The highest BCUT2D eigenvalue weighted by Crippen LogP contribution is 2.40. The number of hydrogen-bond acceptors (Lipinski definition) is 3. The van der Waals surface area contributed by atoms with Crippen LogP contribution in [0.4, 0.5) is 13.2 Å². The van der Waals surface area contributed by atoms with Crippen LogP contribution in [-0.2, 0) is 13.2 Å². The Kier molecular flexibility index (Phi) is 3.91. The molecule has 0 bridgehead atoms. The van der Waals surface area contributed by atoms with Crippen molar-refractivity contribution in [2.45, 2.75) is 31.9 Å². The van der Waals surface area contributed by atoms with Crippen LogP contribution >= 0.6 is 12.2 Å². The van der Waals surface area contributed by atoms with E-state index in [1.807, 2.05) is 6.07 Å². The van der Waals surface area contributed by atoms with Gasteiger partial charge in [0.05, 0.1) is 11.3 Å². The summed E-state index contributed by atoms with van der Waals surface area (Å²) in [6.07, 6.45) is -2.12. The van der Waals surface area contributed by atoms with E-state index in [0.717, 1.165) is 30.7 Å². The Balaban J connectivity index is 1.80. The van der Waals surface area contributed by atoms with Crippen molar-refractivity contribution in [2.75, 3.05) is 0 Å². The highest BCUT2D eigenvalue weighted by atomic mass is 32.1. The zero-order valence-electron chi connectivity index (χ0n) is 12.6. The number of rotatable bonds is 3. The van der Waals surface area contributed by atoms with E-state index in [2.05, 4.69) is 5.10 Å². The molecule has 1 aromatic carbocycles. The van der Waals surface area contributed by atoms with Gasteiger partial charge in [-0.05, 0) is 55.7 Å². The van der Waals surface area contributed by atoms with Gasteiger partial charge < -0.3 is 4.74 Å². The quantitative estimate of drug-likeness (QED) is 0.776. The number of nitrogens with zero attached hydrogens (tertiary/aromatic N) is 2. The van der Waals surface area contributed by atoms with Crippen molar-refractivity contribution < 1.29 is 17.9 Å². The van der Waals surface area contributed by atoms with Gasteiger partial charge in [-0.2, -0.15) is 18.3 Å². The molecular weight excluding hydrogens is 325 g/mol. The third-order valence-electron chi connectivity index (χ3n) is 3.82. The Morgan fingerprint density at radius 2 is 2.00 bits per heavy atom. The van der Waals surface area contributed by atoms with Gasteiger partial charge in [-0.1, -0.05) is 0 Å². The minimum atomic E-state index is -4.37. The van der Waals surface area contributed by atoms with Gasteiger partial charge in [-0.25, -0.2) is 4.68 Å². The van der Waals surface area contributed by atoms with E-state index in [9.17, 15) is 13.2 Å². The van der Waals surface area contributed by atoms with E-state index >= 15 is 0 Å². The van der Waals surface area contributed by atoms with Gasteiger partial charge >= 0.3 is 6.18 Å². The maximum atomic E-state index is 12.7. The normalized spacial score (nSPS) is 14.8. The third-order valence-corrected chi connectivity index (χ3v) is 4.13. The van der Waals surface area contributed by atoms with Crippen LogP contribution in [0.3, 0.4) is 0 Å². The van der Waals surface area contributed by atoms with Crippen molar-refractivity contribution in [2.24, 2.45) is 7.05 Å². The van der Waals surface area contributed by atoms with Gasteiger partial charge in [0.25, 0.3) is 0 Å². The van der Waals surface area contributed by atoms with Crippen LogP contribution in [0, 0.1) is 6.92 Å². The summed E-state index contributed by atoms with van der Waals surface area (Å²) in [4.78, 5) is 0. The summed E-state index contributed by atoms with van der Waals surface area (Å²) in [5.41, 5.74) is 1.17. The Labute approximate surface area is 137 Å². The maximum absolute atomic E-state index is 12.7. The number of benzene rings is 1. The molecule has 0 unspecified atom stereocenters. The van der Waals surface area contributed by atoms with Crippen LogP contribution in [-0.4, -0.2) is 14.8 Å². The van der Waals surface area contributed by atoms with Crippen LogP contribution in [0.2, 0.25) is 0 Å². The summed E-state index contributed by atoms with van der Waals surface area (Å²) in [5, 5.41) is 4.51. The first-order valence-electron chi connectivity index (χ1n) is 7.19. The molecule has 0 saturated heterocycles. The van der Waals surface area contributed by atoms with Crippen molar-refractivity contribution in [3.8, 4) is 5.88 Å². The molecule has 1 aliphatic carbocycles. The van der Waals surface area contributed by atoms with Gasteiger partial charge in [0, 0.05) is 24.6 Å². The molecule has 122 valence electrons. The standard InChI is InChI=1S/C16H15F3N2OS/c1-9-7-11(16(17,18)19)5-6-12(9)15(23)22-14-8-13(10-3-4-10)20-21(14)2/h5-8,10H,3-4H2,1-2H3. The van der Waals surface area contributed by atoms with Crippen molar-refractivity contribution in [1.82, 2.24) is 9.78 Å². The van der Waals surface area contributed by atoms with Crippen LogP contribution < -0.4 is 4.74 Å². The number of hydrogen-bond donors (Lipinski definition) is 0. The van der Waals surface area contributed by atoms with E-state index < -0.39 is 11.7 Å². The average molecular weight is 340 g/mol. The second kappa shape index (κ2) is 5.63. The number of ether oxygens (including phenoxy) is 1. The summed E-state index contributed by atoms with van der Waals surface area (Å²) in [6, 6.07) is 5.27. The number of aryl methyl sites for hydroxylation is 2. The minimum Gasteiger partial charge on any atom is -0.427 e. The molecule has 1 heterocycles. The Morgan fingerprint density at radius 1 is 1.30 bits per heavy atom. The van der Waals surface area contributed by atoms with E-state index in [1.165, 1.54) is 6.07 Å². The average Bonchev–Trinajstić information content (AvgIpc) is 3.23. The van der Waals surface area contributed by atoms with E-state index in [-0.39, 0.29) is 5.05 Å². The molecule has 0 N–H and O–H groups in total. The van der Waals surface area contributed by atoms with Gasteiger partial charge in [0.1, 0.15) is 0 Å². The second-order valence-electron chi connectivity index (χ2n) is 5.72. The van der Waals surface area contributed by atoms with Crippen LogP contribution in [0.5, 0.6) is 5.88 Å². The lowest BCUT2D eigenvalue weighted by Crippen LogP contribution is -2.13. The molecule has 0 spiro atoms. The summed E-state index contributed by atoms with van der Waals surface area (Å²) in [5.74, 6) is 0.983. The fourth-order valence-corrected chi connectivity index (χ4v) is 2.68. The Bertz CT molecular complexity index is 763. The first-order chi connectivity index (χ1) is 10.8. The topological polar surface area (TPSA) is 27.1 Å². The minimum absolute atomic E-state index is 0.140. The SMILES string of the molecule is Cc1cc(C(F)(F)F)ccc1C(=S)Oc1cc(C2CC2)nn1C. The van der Waals surface area contributed by atoms with E-state index in [0.29, 0.717) is 22.9 Å². The fourth-order valence-electron chi connectivity index (χ4n) is 2.36. The zero-order chi connectivity index (χ0) is 16.8. The monoisotopic (exact) mass is 340 g/mol. The maximum Gasteiger partial charge on any atom is 0.416 e. The number of aromatic nitrogens is 2. The Morgan fingerprint density at radius 3 is 2.57 bits per heavy atom. The molecule has 2 aromatic rings. The summed E-state index contributed by atoms with van der Waals surface area (Å²) < 4.78 is 45.4. The molecule has 1 fully saturated rings. The second-order valence-corrected chi connectivity index (χ2v) is 6.09. The van der Waals surface area contributed by atoms with E-state index in [4.69, 9.17) is 17.0 Å². The Hall–Kier alpha value is -1.89. The molecule has 1 aromatic heterocycles. The lowest BCUT2D eigenvalue weighted by molar-refractivity contribution is -0.137. The molecular formula is C16H15F3N2OS. The number of alkyl halides is 3. The van der Waals surface area contributed by atoms with Crippen LogP contribution in [0.15, 0.2) is 24.3 Å². The fraction of sp³-hybridized carbons (Fsp3) is 0.375. The molecule has 3 nitrogen and oxygen atoms in total. The third kappa shape index (κ3) is 3.39. The first-order valence-corrected chi connectivity index (χ1v) is 7.60. The smallest absolute Gasteiger partial charge is 0.416 e. The molecule has 0 radical (unpaired) electrons. The molecule has 0 atom stereocenters. The lowest BCUT2D eigenvalue weighted by atomic mass is 10.1. The van der Waals surface area contributed by atoms with Gasteiger partial charge in [-0.15, -0.1) is 0 Å². The predicted molar refractivity (Wildman–Crippen MR) is 83.7 cm³/mol. The van der Waals surface area contributed by atoms with E-state index in [1.54, 1.807) is 18.7 Å². The molecule has 7 heteroatoms. The first kappa shape index (κ1) is 16.0. The number of halogens is 3. The highest BCUT2D eigenvalue weighted by Gasteiger charge is 2.31. The summed E-state index contributed by atoms with van der Waals surface area (Å²) >= 11 is 5.23. The number of thiocarbonyl (C=S) groups is 1. The zero-order valence-corrected chi connectivity index (χ0v) is 13.5. The molecule has 3 rings (SSSR count). The highest BCUT2D eigenvalue weighted by molar-refractivity contribution is 7.80. The largest absolute Gasteiger partial charge is 0.427 e. The van der Waals surface area contributed by atoms with Gasteiger partial charge in [-0.3, -0.25) is 0 Å². The lowest BCUT2D eigenvalue weighted by Gasteiger charge is -2.12. The van der Waals surface area contributed by atoms with Gasteiger partial charge in [0.15, 0.2) is 5.05 Å². The molecule has 23 heavy (non-hydrogen) atoms. The molecule has 1 aliphatic rings. The summed E-state index contributed by atoms with van der Waals surface area (Å²) in [7, 11) is 1.75. The molecule has 0 aliphatic heterocycles. The van der Waals surface area contributed by atoms with Crippen molar-refractivity contribution in [3.05, 3.63) is 46.6 Å². The molecule has 1 saturated carbocycles. The summed E-state index contributed by atoms with van der Waals surface area (Å²) in [6.45, 7) is 1.58. The van der Waals surface area contributed by atoms with Crippen LogP contribution in [0.1, 0.15) is 41.1 Å².